The highest BCUT2D eigenvalue weighted by Gasteiger charge is 2.47. The molecule has 36 heavy (non-hydrogen) atoms. The number of halogens is 1. The smallest absolute Gasteiger partial charge is 0.224 e. The molecule has 1 saturated carbocycles. The van der Waals surface area contributed by atoms with E-state index in [1.807, 2.05) is 66.7 Å². The normalized spacial score (nSPS) is 20.6. The van der Waals surface area contributed by atoms with Crippen LogP contribution in [0.25, 0.3) is 0 Å². The highest BCUT2D eigenvalue weighted by Crippen LogP contribution is 2.49. The van der Waals surface area contributed by atoms with Gasteiger partial charge in [0.05, 0.1) is 23.3 Å². The molecule has 184 valence electrons. The Hall–Kier alpha value is -3.44. The third-order valence-electron chi connectivity index (χ3n) is 6.90. The minimum absolute atomic E-state index is 0.0783. The van der Waals surface area contributed by atoms with Gasteiger partial charge in [0, 0.05) is 24.1 Å². The fourth-order valence-corrected chi connectivity index (χ4v) is 5.66. The molecule has 1 aliphatic carbocycles. The minimum Gasteiger partial charge on any atom is -0.489 e. The number of anilines is 1. The lowest BCUT2D eigenvalue weighted by Gasteiger charge is -2.41. The van der Waals surface area contributed by atoms with E-state index in [1.165, 1.54) is 6.92 Å². The lowest BCUT2D eigenvalue weighted by Crippen LogP contribution is -2.47. The van der Waals surface area contributed by atoms with Gasteiger partial charge in [-0.15, -0.1) is 0 Å². The zero-order valence-corrected chi connectivity index (χ0v) is 21.5. The predicted molar refractivity (Wildman–Crippen MR) is 143 cm³/mol. The van der Waals surface area contributed by atoms with E-state index in [0.29, 0.717) is 47.2 Å². The van der Waals surface area contributed by atoms with Gasteiger partial charge < -0.3 is 9.64 Å². The summed E-state index contributed by atoms with van der Waals surface area (Å²) in [6, 6.07) is 22.4. The molecule has 3 aromatic carbocycles. The van der Waals surface area contributed by atoms with E-state index in [9.17, 15) is 9.59 Å². The number of ketones is 1. The molecule has 3 aromatic rings. The van der Waals surface area contributed by atoms with Crippen molar-refractivity contribution >= 4 is 40.4 Å². The number of hydrogen-bond acceptors (Lipinski definition) is 4. The summed E-state index contributed by atoms with van der Waals surface area (Å²) in [4.78, 5) is 33.4. The zero-order valence-electron chi connectivity index (χ0n) is 20.7. The fraction of sp³-hybridized carbons (Fsp3) is 0.300. The molecule has 0 radical (unpaired) electrons. The van der Waals surface area contributed by atoms with Gasteiger partial charge in [-0.25, -0.2) is 0 Å². The van der Waals surface area contributed by atoms with Crippen molar-refractivity contribution in [2.75, 3.05) is 4.90 Å². The minimum atomic E-state index is -0.593. The van der Waals surface area contributed by atoms with Gasteiger partial charge >= 0.3 is 0 Å². The summed E-state index contributed by atoms with van der Waals surface area (Å²) in [6.45, 7) is 6.12. The number of amides is 1. The SMILES string of the molecule is CC(=O)N1c2ccccc2N=C2CC(C)(C)CC(=O)C2[C@@H]1c1ccc(OCc2ccccc2)cc1Cl. The molecule has 0 spiro atoms. The molecule has 5 nitrogen and oxygen atoms in total. The van der Waals surface area contributed by atoms with Crippen molar-refractivity contribution in [3.63, 3.8) is 0 Å². The molecule has 0 aromatic heterocycles. The third kappa shape index (κ3) is 4.68. The van der Waals surface area contributed by atoms with Gasteiger partial charge in [0.1, 0.15) is 18.1 Å². The number of carbonyl (C=O) groups is 2. The van der Waals surface area contributed by atoms with Crippen molar-refractivity contribution in [3.8, 4) is 5.75 Å². The van der Waals surface area contributed by atoms with Crippen LogP contribution in [-0.2, 0) is 16.2 Å². The van der Waals surface area contributed by atoms with Crippen molar-refractivity contribution in [3.05, 3.63) is 88.9 Å². The molecule has 2 atom stereocenters. The van der Waals surface area contributed by atoms with Crippen molar-refractivity contribution in [1.29, 1.82) is 0 Å². The molecular formula is C30H29ClN2O3. The Bertz CT molecular complexity index is 1350. The highest BCUT2D eigenvalue weighted by atomic mass is 35.5. The molecule has 2 aliphatic rings. The maximum absolute atomic E-state index is 13.7. The molecule has 1 heterocycles. The van der Waals surface area contributed by atoms with Gasteiger partial charge in [0.2, 0.25) is 5.91 Å². The molecule has 1 fully saturated rings. The number of para-hydroxylation sites is 2. The second-order valence-corrected chi connectivity index (χ2v) is 10.8. The Labute approximate surface area is 216 Å². The summed E-state index contributed by atoms with van der Waals surface area (Å²) in [5.41, 5.74) is 3.75. The highest BCUT2D eigenvalue weighted by molar-refractivity contribution is 6.31. The summed E-state index contributed by atoms with van der Waals surface area (Å²) < 4.78 is 5.97. The first-order chi connectivity index (χ1) is 17.2. The van der Waals surface area contributed by atoms with Crippen molar-refractivity contribution in [1.82, 2.24) is 0 Å². The molecule has 1 aliphatic heterocycles. The number of hydrogen-bond donors (Lipinski definition) is 0. The standard InChI is InChI=1S/C30H29ClN2O3/c1-19(34)33-26-12-8-7-11-24(26)32-25-16-30(2,3)17-27(35)28(25)29(33)22-14-13-21(15-23(22)31)36-18-20-9-5-4-6-10-20/h4-15,28-29H,16-18H2,1-3H3/t28?,29-/m0/s1. The Balaban J connectivity index is 1.58. The Morgan fingerprint density at radius 3 is 2.50 bits per heavy atom. The predicted octanol–water partition coefficient (Wildman–Crippen LogP) is 7.10. The van der Waals surface area contributed by atoms with Crippen molar-refractivity contribution < 1.29 is 14.3 Å². The lowest BCUT2D eigenvalue weighted by molar-refractivity contribution is -0.124. The fourth-order valence-electron chi connectivity index (χ4n) is 5.38. The molecular weight excluding hydrogens is 472 g/mol. The molecule has 1 amide bonds. The first kappa shape index (κ1) is 24.3. The zero-order chi connectivity index (χ0) is 25.4. The van der Waals surface area contributed by atoms with Gasteiger partial charge in [-0.05, 0) is 47.2 Å². The Morgan fingerprint density at radius 1 is 1.06 bits per heavy atom. The average Bonchev–Trinajstić information content (AvgIpc) is 2.97. The van der Waals surface area contributed by atoms with E-state index in [0.717, 1.165) is 11.3 Å². The van der Waals surface area contributed by atoms with Crippen molar-refractivity contribution in [2.24, 2.45) is 16.3 Å². The number of Topliss-reactive ketones (excluding diaryl/α,β-unsaturated/α-hetero) is 1. The third-order valence-corrected chi connectivity index (χ3v) is 7.22. The molecule has 1 unspecified atom stereocenters. The number of benzene rings is 3. The second kappa shape index (κ2) is 9.55. The van der Waals surface area contributed by atoms with Crippen LogP contribution in [0.15, 0.2) is 77.8 Å². The lowest BCUT2D eigenvalue weighted by atomic mass is 9.68. The Morgan fingerprint density at radius 2 is 1.78 bits per heavy atom. The van der Waals surface area contributed by atoms with Crippen LogP contribution in [0.1, 0.15) is 50.8 Å². The molecule has 5 rings (SSSR count). The molecule has 6 heteroatoms. The molecule has 0 bridgehead atoms. The second-order valence-electron chi connectivity index (χ2n) is 10.3. The van der Waals surface area contributed by atoms with Crippen LogP contribution < -0.4 is 9.64 Å². The van der Waals surface area contributed by atoms with Crippen LogP contribution in [0.3, 0.4) is 0 Å². The van der Waals surface area contributed by atoms with E-state index in [1.54, 1.807) is 11.0 Å². The molecule has 0 saturated heterocycles. The molecule has 0 N–H and O–H groups in total. The number of fused-ring (bicyclic) bond motifs is 2. The summed E-state index contributed by atoms with van der Waals surface area (Å²) >= 11 is 6.86. The van der Waals surface area contributed by atoms with Crippen LogP contribution in [0.5, 0.6) is 5.75 Å². The summed E-state index contributed by atoms with van der Waals surface area (Å²) in [5.74, 6) is -0.0274. The van der Waals surface area contributed by atoms with Crippen LogP contribution in [-0.4, -0.2) is 17.4 Å². The van der Waals surface area contributed by atoms with Crippen LogP contribution >= 0.6 is 11.6 Å². The number of rotatable bonds is 4. The first-order valence-corrected chi connectivity index (χ1v) is 12.6. The van der Waals surface area contributed by atoms with Gasteiger partial charge in [-0.2, -0.15) is 0 Å². The van der Waals surface area contributed by atoms with E-state index in [-0.39, 0.29) is 17.1 Å². The number of aliphatic imine (C=N–C) groups is 1. The summed E-state index contributed by atoms with van der Waals surface area (Å²) in [6.07, 6.45) is 1.10. The van der Waals surface area contributed by atoms with E-state index in [2.05, 4.69) is 13.8 Å². The van der Waals surface area contributed by atoms with Crippen LogP contribution in [0.2, 0.25) is 5.02 Å². The average molecular weight is 501 g/mol. The van der Waals surface area contributed by atoms with E-state index in [4.69, 9.17) is 21.3 Å². The maximum atomic E-state index is 13.7. The monoisotopic (exact) mass is 500 g/mol. The summed E-state index contributed by atoms with van der Waals surface area (Å²) in [7, 11) is 0. The summed E-state index contributed by atoms with van der Waals surface area (Å²) in [5, 5.41) is 0.452. The maximum Gasteiger partial charge on any atom is 0.224 e. The first-order valence-electron chi connectivity index (χ1n) is 12.2. The van der Waals surface area contributed by atoms with E-state index < -0.39 is 12.0 Å². The van der Waals surface area contributed by atoms with Crippen molar-refractivity contribution in [2.45, 2.75) is 46.3 Å². The number of carbonyl (C=O) groups excluding carboxylic acids is 2. The van der Waals surface area contributed by atoms with E-state index >= 15 is 0 Å². The Kier molecular flexibility index (Phi) is 6.44. The topological polar surface area (TPSA) is 59.0 Å². The number of nitrogens with zero attached hydrogens (tertiary/aromatic N) is 2. The number of ether oxygens (including phenoxy) is 1. The van der Waals surface area contributed by atoms with Gasteiger partial charge in [-0.3, -0.25) is 14.6 Å². The van der Waals surface area contributed by atoms with Gasteiger partial charge in [0.15, 0.2) is 0 Å². The van der Waals surface area contributed by atoms with Gasteiger partial charge in [-0.1, -0.05) is 74.0 Å². The van der Waals surface area contributed by atoms with Gasteiger partial charge in [0.25, 0.3) is 0 Å². The quantitative estimate of drug-likeness (QED) is 0.383. The van der Waals surface area contributed by atoms with Crippen LogP contribution in [0.4, 0.5) is 11.4 Å². The van der Waals surface area contributed by atoms with Crippen LogP contribution in [0, 0.1) is 11.3 Å². The largest absolute Gasteiger partial charge is 0.489 e.